The van der Waals surface area contributed by atoms with Crippen molar-refractivity contribution in [1.82, 2.24) is 15.1 Å². The highest BCUT2D eigenvalue weighted by Crippen LogP contribution is 2.49. The summed E-state index contributed by atoms with van der Waals surface area (Å²) in [6, 6.07) is 0.275. The Hall–Kier alpha value is -1.56. The number of fused-ring (bicyclic) bond motifs is 1. The lowest BCUT2D eigenvalue weighted by Crippen LogP contribution is -2.32. The number of hydrogen-bond acceptors (Lipinski definition) is 3. The highest BCUT2D eigenvalue weighted by molar-refractivity contribution is 5.89. The van der Waals surface area contributed by atoms with Gasteiger partial charge in [-0.15, -0.1) is 0 Å². The van der Waals surface area contributed by atoms with Crippen LogP contribution < -0.4 is 10.6 Å². The number of rotatable bonds is 5. The van der Waals surface area contributed by atoms with Gasteiger partial charge in [0.2, 0.25) is 0 Å². The molecule has 0 aliphatic heterocycles. The van der Waals surface area contributed by atoms with Crippen LogP contribution in [0.5, 0.6) is 0 Å². The molecule has 20 heavy (non-hydrogen) atoms. The van der Waals surface area contributed by atoms with E-state index in [9.17, 15) is 4.79 Å². The van der Waals surface area contributed by atoms with Gasteiger partial charge >= 0.3 is 6.03 Å². The van der Waals surface area contributed by atoms with E-state index in [1.165, 1.54) is 25.7 Å². The van der Waals surface area contributed by atoms with Gasteiger partial charge in [0.1, 0.15) is 0 Å². The van der Waals surface area contributed by atoms with Crippen molar-refractivity contribution in [2.24, 2.45) is 11.8 Å². The Morgan fingerprint density at radius 3 is 2.90 bits per heavy atom. The van der Waals surface area contributed by atoms with Crippen molar-refractivity contribution in [2.45, 2.75) is 38.3 Å². The average Bonchev–Trinajstić information content (AvgIpc) is 2.95. The molecule has 0 unspecified atom stereocenters. The Morgan fingerprint density at radius 2 is 2.20 bits per heavy atom. The number of methoxy groups -OCH3 is 1. The number of urea groups is 1. The maximum absolute atomic E-state index is 11.9. The first-order chi connectivity index (χ1) is 9.78. The zero-order chi connectivity index (χ0) is 13.9. The Morgan fingerprint density at radius 1 is 1.45 bits per heavy atom. The normalized spacial score (nSPS) is 27.8. The molecule has 6 nitrogen and oxygen atoms in total. The van der Waals surface area contributed by atoms with E-state index >= 15 is 0 Å². The number of anilines is 1. The summed E-state index contributed by atoms with van der Waals surface area (Å²) in [5.74, 6) is 1.44. The molecule has 2 atom stereocenters. The second kappa shape index (κ2) is 5.83. The lowest BCUT2D eigenvalue weighted by Gasteiger charge is -2.05. The topological polar surface area (TPSA) is 68.2 Å². The molecule has 0 aromatic carbocycles. The Bertz CT molecular complexity index is 461. The second-order valence-corrected chi connectivity index (χ2v) is 5.72. The van der Waals surface area contributed by atoms with Gasteiger partial charge in [0, 0.05) is 19.3 Å². The van der Waals surface area contributed by atoms with Gasteiger partial charge in [-0.3, -0.25) is 4.68 Å². The largest absolute Gasteiger partial charge is 0.383 e. The molecular formula is C14H22N4O2. The summed E-state index contributed by atoms with van der Waals surface area (Å²) in [6.45, 7) is 1.30. The molecule has 110 valence electrons. The van der Waals surface area contributed by atoms with Crippen LogP contribution in [0.25, 0.3) is 0 Å². The van der Waals surface area contributed by atoms with Gasteiger partial charge in [-0.25, -0.2) is 4.79 Å². The van der Waals surface area contributed by atoms with Crippen LogP contribution in [-0.2, 0) is 11.3 Å². The fourth-order valence-electron chi connectivity index (χ4n) is 3.26. The molecule has 2 amide bonds. The molecule has 1 aromatic heterocycles. The molecule has 2 aliphatic rings. The van der Waals surface area contributed by atoms with Crippen LogP contribution >= 0.6 is 0 Å². The van der Waals surface area contributed by atoms with E-state index in [0.29, 0.717) is 19.2 Å². The number of aromatic nitrogens is 2. The molecule has 2 N–H and O–H groups in total. The third-order valence-corrected chi connectivity index (χ3v) is 4.37. The number of ether oxygens (including phenoxy) is 1. The minimum absolute atomic E-state index is 0.115. The van der Waals surface area contributed by atoms with Crippen molar-refractivity contribution in [3.05, 3.63) is 12.4 Å². The van der Waals surface area contributed by atoms with Crippen LogP contribution in [0.3, 0.4) is 0 Å². The summed E-state index contributed by atoms with van der Waals surface area (Å²) < 4.78 is 6.75. The number of carbonyl (C=O) groups excluding carboxylic acids is 1. The first-order valence-corrected chi connectivity index (χ1v) is 7.37. The zero-order valence-corrected chi connectivity index (χ0v) is 11.8. The third-order valence-electron chi connectivity index (χ3n) is 4.37. The van der Waals surface area contributed by atoms with Crippen LogP contribution in [0, 0.1) is 11.8 Å². The molecule has 0 spiro atoms. The number of nitrogens with zero attached hydrogens (tertiary/aromatic N) is 2. The first-order valence-electron chi connectivity index (χ1n) is 7.37. The van der Waals surface area contributed by atoms with Gasteiger partial charge in [0.25, 0.3) is 0 Å². The summed E-state index contributed by atoms with van der Waals surface area (Å²) in [7, 11) is 1.66. The van der Waals surface area contributed by atoms with E-state index in [2.05, 4.69) is 15.7 Å². The van der Waals surface area contributed by atoms with Gasteiger partial charge in [0.15, 0.2) is 0 Å². The van der Waals surface area contributed by atoms with Gasteiger partial charge in [0.05, 0.1) is 25.0 Å². The van der Waals surface area contributed by atoms with Crippen LogP contribution in [0.2, 0.25) is 0 Å². The minimum atomic E-state index is -0.115. The number of carbonyl (C=O) groups is 1. The summed E-state index contributed by atoms with van der Waals surface area (Å²) in [4.78, 5) is 11.9. The van der Waals surface area contributed by atoms with Gasteiger partial charge < -0.3 is 15.4 Å². The highest BCUT2D eigenvalue weighted by Gasteiger charge is 2.51. The molecule has 2 aliphatic carbocycles. The van der Waals surface area contributed by atoms with Gasteiger partial charge in [-0.2, -0.15) is 5.10 Å². The zero-order valence-electron chi connectivity index (χ0n) is 11.8. The lowest BCUT2D eigenvalue weighted by molar-refractivity contribution is 0.183. The molecule has 2 saturated carbocycles. The van der Waals surface area contributed by atoms with Gasteiger partial charge in [-0.05, 0) is 24.7 Å². The molecule has 6 heteroatoms. The maximum atomic E-state index is 11.9. The van der Waals surface area contributed by atoms with Crippen molar-refractivity contribution in [3.8, 4) is 0 Å². The second-order valence-electron chi connectivity index (χ2n) is 5.72. The Balaban J connectivity index is 1.45. The molecule has 2 fully saturated rings. The highest BCUT2D eigenvalue weighted by atomic mass is 16.5. The predicted octanol–water partition coefficient (Wildman–Crippen LogP) is 1.84. The van der Waals surface area contributed by atoms with E-state index in [1.54, 1.807) is 18.0 Å². The summed E-state index contributed by atoms with van der Waals surface area (Å²) in [5.41, 5.74) is 0.724. The minimum Gasteiger partial charge on any atom is -0.383 e. The maximum Gasteiger partial charge on any atom is 0.319 e. The van der Waals surface area contributed by atoms with Crippen LogP contribution in [0.1, 0.15) is 25.7 Å². The molecular weight excluding hydrogens is 256 g/mol. The summed E-state index contributed by atoms with van der Waals surface area (Å²) in [6.07, 6.45) is 8.64. The smallest absolute Gasteiger partial charge is 0.319 e. The number of hydrogen-bond donors (Lipinski definition) is 2. The number of amides is 2. The fraction of sp³-hybridized carbons (Fsp3) is 0.714. The molecule has 1 aromatic rings. The monoisotopic (exact) mass is 278 g/mol. The van der Waals surface area contributed by atoms with Crippen molar-refractivity contribution in [1.29, 1.82) is 0 Å². The van der Waals surface area contributed by atoms with Crippen LogP contribution in [0.4, 0.5) is 10.5 Å². The van der Waals surface area contributed by atoms with Crippen LogP contribution in [0.15, 0.2) is 12.4 Å². The quantitative estimate of drug-likeness (QED) is 0.863. The van der Waals surface area contributed by atoms with E-state index in [-0.39, 0.29) is 6.03 Å². The van der Waals surface area contributed by atoms with E-state index in [0.717, 1.165) is 17.5 Å². The average molecular weight is 278 g/mol. The predicted molar refractivity (Wildman–Crippen MR) is 75.5 cm³/mol. The van der Waals surface area contributed by atoms with Crippen molar-refractivity contribution < 1.29 is 9.53 Å². The molecule has 0 bridgehead atoms. The standard InChI is InChI=1S/C14H22N4O2/c1-20-7-6-18-9-10(8-15-18)16-14(19)17-13-11-4-2-3-5-12(11)13/h8-9,11-13H,2-7H2,1H3,(H2,16,17,19)/t11-,12-/m0/s1. The molecule has 0 radical (unpaired) electrons. The van der Waals surface area contributed by atoms with Crippen molar-refractivity contribution >= 4 is 11.7 Å². The molecule has 0 saturated heterocycles. The molecule has 3 rings (SSSR count). The lowest BCUT2D eigenvalue weighted by atomic mass is 10.0. The van der Waals surface area contributed by atoms with E-state index in [4.69, 9.17) is 4.74 Å². The molecule has 1 heterocycles. The Labute approximate surface area is 118 Å². The summed E-state index contributed by atoms with van der Waals surface area (Å²) in [5, 5.41) is 10.1. The third kappa shape index (κ3) is 2.95. The summed E-state index contributed by atoms with van der Waals surface area (Å²) >= 11 is 0. The SMILES string of the molecule is COCCn1cc(NC(=O)NC2[C@H]3CCCC[C@H]23)cn1. The van der Waals surface area contributed by atoms with Crippen LogP contribution in [-0.4, -0.2) is 35.6 Å². The first kappa shape index (κ1) is 13.4. The fourth-order valence-corrected chi connectivity index (χ4v) is 3.26. The van der Waals surface area contributed by atoms with Gasteiger partial charge in [-0.1, -0.05) is 12.8 Å². The Kier molecular flexibility index (Phi) is 3.91. The van der Waals surface area contributed by atoms with Crippen molar-refractivity contribution in [3.63, 3.8) is 0 Å². The van der Waals surface area contributed by atoms with E-state index in [1.807, 2.05) is 6.20 Å². The number of nitrogens with one attached hydrogen (secondary N) is 2. The van der Waals surface area contributed by atoms with Crippen molar-refractivity contribution in [2.75, 3.05) is 19.0 Å². The van der Waals surface area contributed by atoms with E-state index < -0.39 is 0 Å².